The van der Waals surface area contributed by atoms with Crippen LogP contribution in [0.3, 0.4) is 0 Å². The molecule has 1 aromatic carbocycles. The number of carbonyl (C=O) groups excluding carboxylic acids is 1. The molecule has 116 valence electrons. The van der Waals surface area contributed by atoms with Crippen molar-refractivity contribution in [3.8, 4) is 0 Å². The molecule has 0 spiro atoms. The molecular weight excluding hydrogens is 282 g/mol. The quantitative estimate of drug-likeness (QED) is 0.875. The Balaban J connectivity index is 1.72. The lowest BCUT2D eigenvalue weighted by Crippen LogP contribution is -2.42. The Hall–Kier alpha value is -2.21. The molecule has 0 radical (unpaired) electrons. The number of fused-ring (bicyclic) bond motifs is 1. The van der Waals surface area contributed by atoms with Crippen LogP contribution in [0.2, 0.25) is 0 Å². The summed E-state index contributed by atoms with van der Waals surface area (Å²) in [6, 6.07) is 7.07. The minimum absolute atomic E-state index is 0.0247. The zero-order chi connectivity index (χ0) is 15.6. The predicted molar refractivity (Wildman–Crippen MR) is 82.4 cm³/mol. The van der Waals surface area contributed by atoms with Gasteiger partial charge in [0.2, 0.25) is 11.3 Å². The first-order valence-electron chi connectivity index (χ1n) is 7.51. The second-order valence-electron chi connectivity index (χ2n) is 5.89. The first-order valence-corrected chi connectivity index (χ1v) is 7.51. The minimum atomic E-state index is -0.769. The molecule has 1 heterocycles. The maximum atomic E-state index is 12.1. The zero-order valence-electron chi connectivity index (χ0n) is 12.3. The monoisotopic (exact) mass is 301 g/mol. The minimum Gasteiger partial charge on any atom is -0.388 e. The molecule has 2 N–H and O–H groups in total. The van der Waals surface area contributed by atoms with Crippen LogP contribution < -0.4 is 10.7 Å². The molecule has 0 unspecified atom stereocenters. The van der Waals surface area contributed by atoms with E-state index >= 15 is 0 Å². The summed E-state index contributed by atoms with van der Waals surface area (Å²) < 4.78 is 1.50. The maximum Gasteiger partial charge on any atom is 0.241 e. The highest BCUT2D eigenvalue weighted by molar-refractivity contribution is 5.81. The summed E-state index contributed by atoms with van der Waals surface area (Å²) in [6.45, 7) is 0.292. The molecule has 6 heteroatoms. The Morgan fingerprint density at radius 1 is 1.32 bits per heavy atom. The van der Waals surface area contributed by atoms with Gasteiger partial charge in [-0.1, -0.05) is 25.0 Å². The number of rotatable bonds is 4. The number of para-hydroxylation sites is 1. The van der Waals surface area contributed by atoms with Crippen molar-refractivity contribution >= 4 is 16.8 Å². The Morgan fingerprint density at radius 3 is 2.82 bits per heavy atom. The second kappa shape index (κ2) is 5.88. The highest BCUT2D eigenvalue weighted by Crippen LogP contribution is 2.28. The Labute approximate surface area is 127 Å². The Kier molecular flexibility index (Phi) is 3.94. The molecule has 0 bridgehead atoms. The van der Waals surface area contributed by atoms with E-state index < -0.39 is 5.60 Å². The van der Waals surface area contributed by atoms with Crippen LogP contribution >= 0.6 is 0 Å². The standard InChI is InChI=1S/C16H19N3O3/c20-14-9-18-19(13-6-2-1-5-12(13)14)10-15(21)17-11-16(22)7-3-4-8-16/h1-2,5-6,9,22H,3-4,7-8,10-11H2,(H,17,21). The highest BCUT2D eigenvalue weighted by Gasteiger charge is 2.31. The van der Waals surface area contributed by atoms with Gasteiger partial charge in [-0.3, -0.25) is 14.3 Å². The Morgan fingerprint density at radius 2 is 2.05 bits per heavy atom. The first-order chi connectivity index (χ1) is 10.6. The molecule has 0 aliphatic heterocycles. The van der Waals surface area contributed by atoms with Gasteiger partial charge >= 0.3 is 0 Å². The smallest absolute Gasteiger partial charge is 0.241 e. The van der Waals surface area contributed by atoms with E-state index in [4.69, 9.17) is 0 Å². The van der Waals surface area contributed by atoms with E-state index in [0.717, 1.165) is 25.7 Å². The van der Waals surface area contributed by atoms with Gasteiger partial charge in [0.25, 0.3) is 0 Å². The van der Waals surface area contributed by atoms with E-state index in [2.05, 4.69) is 10.4 Å². The van der Waals surface area contributed by atoms with E-state index in [1.165, 1.54) is 10.9 Å². The lowest BCUT2D eigenvalue weighted by atomic mass is 10.0. The number of nitrogens with one attached hydrogen (secondary N) is 1. The van der Waals surface area contributed by atoms with Crippen LogP contribution in [0, 0.1) is 0 Å². The normalized spacial score (nSPS) is 16.8. The number of aliphatic hydroxyl groups is 1. The molecule has 1 aliphatic carbocycles. The van der Waals surface area contributed by atoms with Gasteiger partial charge in [-0.25, -0.2) is 0 Å². The van der Waals surface area contributed by atoms with Gasteiger partial charge in [0.1, 0.15) is 6.54 Å². The van der Waals surface area contributed by atoms with Crippen molar-refractivity contribution in [1.29, 1.82) is 0 Å². The fourth-order valence-electron chi connectivity index (χ4n) is 2.95. The van der Waals surface area contributed by atoms with E-state index in [1.54, 1.807) is 24.3 Å². The number of benzene rings is 1. The topological polar surface area (TPSA) is 84.2 Å². The summed E-state index contributed by atoms with van der Waals surface area (Å²) in [5, 5.41) is 17.6. The van der Waals surface area contributed by atoms with Crippen LogP contribution in [0.5, 0.6) is 0 Å². The highest BCUT2D eigenvalue weighted by atomic mass is 16.3. The molecule has 0 saturated heterocycles. The number of hydrogen-bond donors (Lipinski definition) is 2. The molecule has 0 atom stereocenters. The summed E-state index contributed by atoms with van der Waals surface area (Å²) in [4.78, 5) is 23.8. The molecule has 1 aromatic heterocycles. The summed E-state index contributed by atoms with van der Waals surface area (Å²) in [5.74, 6) is -0.221. The van der Waals surface area contributed by atoms with Crippen molar-refractivity contribution in [1.82, 2.24) is 15.1 Å². The average molecular weight is 301 g/mol. The molecule has 1 saturated carbocycles. The molecule has 22 heavy (non-hydrogen) atoms. The third kappa shape index (κ3) is 3.01. The van der Waals surface area contributed by atoms with Crippen LogP contribution in [0.4, 0.5) is 0 Å². The average Bonchev–Trinajstić information content (AvgIpc) is 2.96. The number of amides is 1. The van der Waals surface area contributed by atoms with Gasteiger partial charge in [0, 0.05) is 11.9 Å². The van der Waals surface area contributed by atoms with Crippen LogP contribution in [-0.2, 0) is 11.3 Å². The molecule has 3 rings (SSSR count). The summed E-state index contributed by atoms with van der Waals surface area (Å²) >= 11 is 0. The number of nitrogens with zero attached hydrogens (tertiary/aromatic N) is 2. The third-order valence-electron chi connectivity index (χ3n) is 4.20. The number of carbonyl (C=O) groups is 1. The fourth-order valence-corrected chi connectivity index (χ4v) is 2.95. The van der Waals surface area contributed by atoms with Crippen molar-refractivity contribution in [2.75, 3.05) is 6.54 Å². The van der Waals surface area contributed by atoms with E-state index in [9.17, 15) is 14.7 Å². The van der Waals surface area contributed by atoms with Gasteiger partial charge < -0.3 is 10.4 Å². The fraction of sp³-hybridized carbons (Fsp3) is 0.438. The molecule has 2 aromatic rings. The van der Waals surface area contributed by atoms with Gasteiger partial charge in [-0.2, -0.15) is 5.10 Å². The van der Waals surface area contributed by atoms with Crippen molar-refractivity contribution in [3.05, 3.63) is 40.7 Å². The van der Waals surface area contributed by atoms with Crippen molar-refractivity contribution in [2.45, 2.75) is 37.8 Å². The third-order valence-corrected chi connectivity index (χ3v) is 4.20. The van der Waals surface area contributed by atoms with Crippen LogP contribution in [0.1, 0.15) is 25.7 Å². The lowest BCUT2D eigenvalue weighted by Gasteiger charge is -2.22. The van der Waals surface area contributed by atoms with E-state index in [-0.39, 0.29) is 24.4 Å². The summed E-state index contributed by atoms with van der Waals surface area (Å²) in [6.07, 6.45) is 4.68. The largest absolute Gasteiger partial charge is 0.388 e. The van der Waals surface area contributed by atoms with Gasteiger partial charge in [-0.05, 0) is 25.0 Å². The lowest BCUT2D eigenvalue weighted by molar-refractivity contribution is -0.123. The van der Waals surface area contributed by atoms with Crippen molar-refractivity contribution in [3.63, 3.8) is 0 Å². The summed E-state index contributed by atoms with van der Waals surface area (Å²) in [5.41, 5.74) is -0.299. The van der Waals surface area contributed by atoms with Gasteiger partial charge in [-0.15, -0.1) is 0 Å². The number of aromatic nitrogens is 2. The first kappa shape index (κ1) is 14.7. The predicted octanol–water partition coefficient (Wildman–Crippen LogP) is 0.818. The zero-order valence-corrected chi connectivity index (χ0v) is 12.3. The molecule has 6 nitrogen and oxygen atoms in total. The molecule has 1 fully saturated rings. The molecule has 1 amide bonds. The number of hydrogen-bond acceptors (Lipinski definition) is 4. The van der Waals surface area contributed by atoms with Crippen molar-refractivity contribution in [2.24, 2.45) is 0 Å². The SMILES string of the molecule is O=C(Cn1ncc(=O)c2ccccc21)NCC1(O)CCCC1. The van der Waals surface area contributed by atoms with Gasteiger partial charge in [0.05, 0.1) is 17.3 Å². The van der Waals surface area contributed by atoms with E-state index in [1.807, 2.05) is 0 Å². The second-order valence-corrected chi connectivity index (χ2v) is 5.89. The van der Waals surface area contributed by atoms with E-state index in [0.29, 0.717) is 10.9 Å². The molecular formula is C16H19N3O3. The van der Waals surface area contributed by atoms with Crippen molar-refractivity contribution < 1.29 is 9.90 Å². The Bertz CT molecular complexity index is 748. The van der Waals surface area contributed by atoms with Crippen LogP contribution in [-0.4, -0.2) is 32.9 Å². The molecule has 1 aliphatic rings. The summed E-state index contributed by atoms with van der Waals surface area (Å²) in [7, 11) is 0. The van der Waals surface area contributed by atoms with Gasteiger partial charge in [0.15, 0.2) is 0 Å². The van der Waals surface area contributed by atoms with Crippen LogP contribution in [0.15, 0.2) is 35.3 Å². The maximum absolute atomic E-state index is 12.1. The van der Waals surface area contributed by atoms with Crippen LogP contribution in [0.25, 0.3) is 10.9 Å².